The van der Waals surface area contributed by atoms with E-state index in [4.69, 9.17) is 5.73 Å². The molecule has 0 aliphatic carbocycles. The largest absolute Gasteiger partial charge is 0.329 e. The fourth-order valence-electron chi connectivity index (χ4n) is 2.68. The summed E-state index contributed by atoms with van der Waals surface area (Å²) in [7, 11) is -3.87. The highest BCUT2D eigenvalue weighted by Gasteiger charge is 2.37. The van der Waals surface area contributed by atoms with Crippen molar-refractivity contribution in [2.75, 3.05) is 6.54 Å². The van der Waals surface area contributed by atoms with Gasteiger partial charge in [-0.2, -0.15) is 4.31 Å². The molecule has 1 aliphatic heterocycles. The van der Waals surface area contributed by atoms with Gasteiger partial charge in [0.2, 0.25) is 10.0 Å². The second kappa shape index (κ2) is 5.75. The summed E-state index contributed by atoms with van der Waals surface area (Å²) >= 11 is 0. The molecular weight excluding hydrogens is 286 g/mol. The number of halogens is 2. The molecule has 0 radical (unpaired) electrons. The van der Waals surface area contributed by atoms with Gasteiger partial charge in [0.25, 0.3) is 0 Å². The molecule has 1 aromatic carbocycles. The molecule has 1 saturated heterocycles. The van der Waals surface area contributed by atoms with Crippen LogP contribution in [0.1, 0.15) is 26.2 Å². The smallest absolute Gasteiger partial charge is 0.243 e. The van der Waals surface area contributed by atoms with Gasteiger partial charge in [-0.1, -0.05) is 6.42 Å². The molecule has 1 aromatic rings. The lowest BCUT2D eigenvalue weighted by molar-refractivity contribution is 0.196. The fourth-order valence-corrected chi connectivity index (χ4v) is 4.58. The minimum Gasteiger partial charge on any atom is -0.329 e. The number of benzene rings is 1. The third-order valence-corrected chi connectivity index (χ3v) is 5.75. The van der Waals surface area contributed by atoms with Crippen molar-refractivity contribution < 1.29 is 17.2 Å². The van der Waals surface area contributed by atoms with Gasteiger partial charge >= 0.3 is 0 Å². The molecule has 1 heterocycles. The van der Waals surface area contributed by atoms with E-state index in [0.29, 0.717) is 6.42 Å². The molecule has 2 rings (SSSR count). The zero-order valence-corrected chi connectivity index (χ0v) is 12.0. The van der Waals surface area contributed by atoms with Crippen LogP contribution in [0.2, 0.25) is 0 Å². The Balaban J connectivity index is 2.44. The maximum Gasteiger partial charge on any atom is 0.243 e. The standard InChI is InChI=1S/C13H18F2N2O2S/c1-9-3-2-4-10(8-16)17(9)20(18,19)11-5-6-12(14)13(15)7-11/h5-7,9-10H,2-4,8,16H2,1H3. The first-order chi connectivity index (χ1) is 9.37. The van der Waals surface area contributed by atoms with Gasteiger partial charge in [-0.05, 0) is 38.0 Å². The van der Waals surface area contributed by atoms with Crippen LogP contribution in [0, 0.1) is 11.6 Å². The highest BCUT2D eigenvalue weighted by molar-refractivity contribution is 7.89. The fraction of sp³-hybridized carbons (Fsp3) is 0.538. The first-order valence-corrected chi connectivity index (χ1v) is 8.00. The summed E-state index contributed by atoms with van der Waals surface area (Å²) in [6.07, 6.45) is 2.33. The van der Waals surface area contributed by atoms with Gasteiger partial charge in [0.15, 0.2) is 11.6 Å². The Morgan fingerprint density at radius 1 is 1.30 bits per heavy atom. The molecule has 2 atom stereocenters. The molecule has 0 bridgehead atoms. The second-order valence-corrected chi connectivity index (χ2v) is 6.92. The van der Waals surface area contributed by atoms with Crippen molar-refractivity contribution in [3.8, 4) is 0 Å². The number of hydrogen-bond donors (Lipinski definition) is 1. The minimum absolute atomic E-state index is 0.199. The van der Waals surface area contributed by atoms with Gasteiger partial charge < -0.3 is 5.73 Å². The summed E-state index contributed by atoms with van der Waals surface area (Å²) in [5.74, 6) is -2.23. The number of nitrogens with zero attached hydrogens (tertiary/aromatic N) is 1. The van der Waals surface area contributed by atoms with Crippen LogP contribution in [0.25, 0.3) is 0 Å². The Morgan fingerprint density at radius 3 is 2.60 bits per heavy atom. The average Bonchev–Trinajstić information content (AvgIpc) is 2.41. The molecule has 112 valence electrons. The lowest BCUT2D eigenvalue weighted by Crippen LogP contribution is -2.51. The molecule has 2 N–H and O–H groups in total. The molecule has 20 heavy (non-hydrogen) atoms. The van der Waals surface area contributed by atoms with Gasteiger partial charge in [-0.25, -0.2) is 17.2 Å². The summed E-state index contributed by atoms with van der Waals surface area (Å²) in [5.41, 5.74) is 5.64. The third-order valence-electron chi connectivity index (χ3n) is 3.69. The zero-order valence-electron chi connectivity index (χ0n) is 11.2. The quantitative estimate of drug-likeness (QED) is 0.927. The number of rotatable bonds is 3. The molecule has 1 aliphatic rings. The molecule has 7 heteroatoms. The molecule has 1 fully saturated rings. The number of hydrogen-bond acceptors (Lipinski definition) is 3. The van der Waals surface area contributed by atoms with Crippen molar-refractivity contribution in [2.24, 2.45) is 5.73 Å². The van der Waals surface area contributed by atoms with Gasteiger partial charge in [0.1, 0.15) is 0 Å². The van der Waals surface area contributed by atoms with E-state index in [1.807, 2.05) is 0 Å². The predicted molar refractivity (Wildman–Crippen MR) is 71.5 cm³/mol. The first-order valence-electron chi connectivity index (χ1n) is 6.56. The van der Waals surface area contributed by atoms with Crippen molar-refractivity contribution >= 4 is 10.0 Å². The first kappa shape index (κ1) is 15.3. The maximum absolute atomic E-state index is 13.3. The van der Waals surface area contributed by atoms with E-state index in [2.05, 4.69) is 0 Å². The van der Waals surface area contributed by atoms with Crippen molar-refractivity contribution in [1.29, 1.82) is 0 Å². The molecule has 0 amide bonds. The molecule has 0 spiro atoms. The van der Waals surface area contributed by atoms with Gasteiger partial charge in [-0.3, -0.25) is 0 Å². The van der Waals surface area contributed by atoms with Crippen molar-refractivity contribution in [3.63, 3.8) is 0 Å². The van der Waals surface area contributed by atoms with Crippen LogP contribution in [-0.4, -0.2) is 31.4 Å². The monoisotopic (exact) mass is 304 g/mol. The highest BCUT2D eigenvalue weighted by atomic mass is 32.2. The van der Waals surface area contributed by atoms with Crippen molar-refractivity contribution in [2.45, 2.75) is 43.2 Å². The van der Waals surface area contributed by atoms with Crippen molar-refractivity contribution in [3.05, 3.63) is 29.8 Å². The minimum atomic E-state index is -3.87. The molecule has 2 unspecified atom stereocenters. The van der Waals surface area contributed by atoms with E-state index in [9.17, 15) is 17.2 Å². The SMILES string of the molecule is CC1CCCC(CN)N1S(=O)(=O)c1ccc(F)c(F)c1. The number of nitrogens with two attached hydrogens (primary N) is 1. The van der Waals surface area contributed by atoms with E-state index in [1.54, 1.807) is 6.92 Å². The van der Waals surface area contributed by atoms with E-state index >= 15 is 0 Å². The Kier molecular flexibility index (Phi) is 4.41. The van der Waals surface area contributed by atoms with Crippen LogP contribution in [0.15, 0.2) is 23.1 Å². The maximum atomic E-state index is 13.3. The molecule has 4 nitrogen and oxygen atoms in total. The van der Waals surface area contributed by atoms with Crippen LogP contribution in [-0.2, 0) is 10.0 Å². The van der Waals surface area contributed by atoms with Gasteiger partial charge in [0.05, 0.1) is 4.90 Å². The zero-order chi connectivity index (χ0) is 14.9. The third kappa shape index (κ3) is 2.70. The molecule has 0 saturated carbocycles. The lowest BCUT2D eigenvalue weighted by atomic mass is 10.00. The molecule has 0 aromatic heterocycles. The van der Waals surface area contributed by atoms with Crippen LogP contribution in [0.5, 0.6) is 0 Å². The van der Waals surface area contributed by atoms with Crippen LogP contribution >= 0.6 is 0 Å². The Labute approximate surface area is 117 Å². The van der Waals surface area contributed by atoms with Crippen LogP contribution in [0.4, 0.5) is 8.78 Å². The van der Waals surface area contributed by atoms with E-state index in [-0.39, 0.29) is 23.5 Å². The second-order valence-electron chi connectivity index (χ2n) is 5.08. The van der Waals surface area contributed by atoms with E-state index in [0.717, 1.165) is 31.0 Å². The normalized spacial score (nSPS) is 24.8. The van der Waals surface area contributed by atoms with Crippen molar-refractivity contribution in [1.82, 2.24) is 4.31 Å². The van der Waals surface area contributed by atoms with Gasteiger partial charge in [-0.15, -0.1) is 0 Å². The highest BCUT2D eigenvalue weighted by Crippen LogP contribution is 2.29. The Morgan fingerprint density at radius 2 is 2.00 bits per heavy atom. The predicted octanol–water partition coefficient (Wildman–Crippen LogP) is 1.86. The van der Waals surface area contributed by atoms with Gasteiger partial charge in [0, 0.05) is 18.6 Å². The topological polar surface area (TPSA) is 63.4 Å². The van der Waals surface area contributed by atoms with E-state index < -0.39 is 21.7 Å². The summed E-state index contributed by atoms with van der Waals surface area (Å²) in [5, 5.41) is 0. The summed E-state index contributed by atoms with van der Waals surface area (Å²) in [6, 6.07) is 2.14. The van der Waals surface area contributed by atoms with Crippen LogP contribution < -0.4 is 5.73 Å². The number of piperidine rings is 1. The average molecular weight is 304 g/mol. The summed E-state index contributed by atoms with van der Waals surface area (Å²) in [4.78, 5) is -0.233. The summed E-state index contributed by atoms with van der Waals surface area (Å²) < 4.78 is 52.8. The van der Waals surface area contributed by atoms with Crippen LogP contribution in [0.3, 0.4) is 0 Å². The van der Waals surface area contributed by atoms with E-state index in [1.165, 1.54) is 4.31 Å². The Hall–Kier alpha value is -1.05. The molecular formula is C13H18F2N2O2S. The number of sulfonamides is 1. The Bertz CT molecular complexity index is 592. The lowest BCUT2D eigenvalue weighted by Gasteiger charge is -2.38. The summed E-state index contributed by atoms with van der Waals surface area (Å²) in [6.45, 7) is 2.02.